The van der Waals surface area contributed by atoms with Gasteiger partial charge < -0.3 is 34.7 Å². The molecule has 4 N–H and O–H groups in total. The molecule has 1 aliphatic rings. The van der Waals surface area contributed by atoms with Crippen molar-refractivity contribution in [3.8, 4) is 28.6 Å². The third-order valence-corrected chi connectivity index (χ3v) is 5.32. The molecule has 9 heteroatoms. The number of methoxy groups -OCH3 is 1. The Kier molecular flexibility index (Phi) is 5.17. The van der Waals surface area contributed by atoms with Crippen LogP contribution in [0.1, 0.15) is 13.3 Å². The SMILES string of the molecule is COc1cc(-c2nc3cc(NCCCO)ccc3n2C2(C)COC2)c(F)c(O)c1O. The second kappa shape index (κ2) is 7.66. The van der Waals surface area contributed by atoms with Crippen molar-refractivity contribution in [3.05, 3.63) is 30.1 Å². The first kappa shape index (κ1) is 20.2. The lowest BCUT2D eigenvalue weighted by molar-refractivity contribution is -0.0868. The molecule has 4 rings (SSSR count). The fraction of sp³-hybridized carbons (Fsp3) is 0.381. The molecule has 0 spiro atoms. The summed E-state index contributed by atoms with van der Waals surface area (Å²) < 4.78 is 27.4. The van der Waals surface area contributed by atoms with Gasteiger partial charge >= 0.3 is 0 Å². The van der Waals surface area contributed by atoms with Crippen LogP contribution in [0.25, 0.3) is 22.4 Å². The van der Waals surface area contributed by atoms with Gasteiger partial charge in [0.2, 0.25) is 5.75 Å². The van der Waals surface area contributed by atoms with Crippen molar-refractivity contribution in [1.82, 2.24) is 9.55 Å². The molecule has 160 valence electrons. The molecular formula is C21H24FN3O5. The zero-order valence-electron chi connectivity index (χ0n) is 16.8. The summed E-state index contributed by atoms with van der Waals surface area (Å²) in [6.07, 6.45) is 0.616. The number of anilines is 1. The van der Waals surface area contributed by atoms with Crippen LogP contribution >= 0.6 is 0 Å². The summed E-state index contributed by atoms with van der Waals surface area (Å²) in [6, 6.07) is 6.97. The number of halogens is 1. The Morgan fingerprint density at radius 1 is 1.27 bits per heavy atom. The standard InChI is InChI=1S/C21H24FN3O5/c1-21(10-30-11-21)25-15-5-4-12(23-6-3-7-26)8-14(15)24-20(25)13-9-16(29-2)18(27)19(28)17(13)22/h4-5,8-9,23,26-28H,3,6-7,10-11H2,1-2H3. The molecule has 8 nitrogen and oxygen atoms in total. The maximum absolute atomic E-state index is 15.0. The van der Waals surface area contributed by atoms with E-state index in [-0.39, 0.29) is 17.9 Å². The molecule has 30 heavy (non-hydrogen) atoms. The van der Waals surface area contributed by atoms with Gasteiger partial charge in [0.15, 0.2) is 17.3 Å². The van der Waals surface area contributed by atoms with Crippen LogP contribution in [0.4, 0.5) is 10.1 Å². The van der Waals surface area contributed by atoms with Crippen molar-refractivity contribution < 1.29 is 29.2 Å². The van der Waals surface area contributed by atoms with Gasteiger partial charge in [-0.2, -0.15) is 0 Å². The van der Waals surface area contributed by atoms with Crippen molar-refractivity contribution in [1.29, 1.82) is 0 Å². The third-order valence-electron chi connectivity index (χ3n) is 5.32. The molecule has 2 aromatic carbocycles. The summed E-state index contributed by atoms with van der Waals surface area (Å²) in [7, 11) is 1.32. The van der Waals surface area contributed by atoms with Gasteiger partial charge in [-0.3, -0.25) is 0 Å². The average molecular weight is 417 g/mol. The first-order valence-corrected chi connectivity index (χ1v) is 9.64. The highest BCUT2D eigenvalue weighted by molar-refractivity contribution is 5.85. The maximum atomic E-state index is 15.0. The number of aromatic hydroxyl groups is 2. The fourth-order valence-electron chi connectivity index (χ4n) is 3.69. The van der Waals surface area contributed by atoms with E-state index in [4.69, 9.17) is 14.6 Å². The van der Waals surface area contributed by atoms with Crippen LogP contribution in [0, 0.1) is 5.82 Å². The molecule has 0 unspecified atom stereocenters. The quantitative estimate of drug-likeness (QED) is 0.346. The van der Waals surface area contributed by atoms with E-state index in [1.807, 2.05) is 29.7 Å². The number of phenolic OH excluding ortho intramolecular Hbond substituents is 2. The average Bonchev–Trinajstić information content (AvgIpc) is 3.09. The number of fused-ring (bicyclic) bond motifs is 1. The van der Waals surface area contributed by atoms with Crippen molar-refractivity contribution in [2.75, 3.05) is 38.8 Å². The Morgan fingerprint density at radius 3 is 2.67 bits per heavy atom. The van der Waals surface area contributed by atoms with Crippen molar-refractivity contribution in [2.24, 2.45) is 0 Å². The molecule has 0 radical (unpaired) electrons. The first-order valence-electron chi connectivity index (χ1n) is 9.64. The molecule has 0 atom stereocenters. The Bertz CT molecular complexity index is 1090. The van der Waals surface area contributed by atoms with E-state index in [2.05, 4.69) is 10.3 Å². The molecule has 3 aromatic rings. The Hall–Kier alpha value is -3.04. The predicted molar refractivity (Wildman–Crippen MR) is 110 cm³/mol. The number of hydrogen-bond donors (Lipinski definition) is 4. The van der Waals surface area contributed by atoms with Gasteiger partial charge in [0.25, 0.3) is 0 Å². The fourth-order valence-corrected chi connectivity index (χ4v) is 3.69. The highest BCUT2D eigenvalue weighted by Gasteiger charge is 2.39. The summed E-state index contributed by atoms with van der Waals surface area (Å²) in [6.45, 7) is 3.57. The van der Waals surface area contributed by atoms with Gasteiger partial charge in [0, 0.05) is 18.8 Å². The van der Waals surface area contributed by atoms with Gasteiger partial charge in [0.1, 0.15) is 5.82 Å². The van der Waals surface area contributed by atoms with E-state index in [1.54, 1.807) is 0 Å². The zero-order valence-corrected chi connectivity index (χ0v) is 16.8. The molecule has 0 saturated carbocycles. The Labute approximate surface area is 172 Å². The topological polar surface area (TPSA) is 109 Å². The summed E-state index contributed by atoms with van der Waals surface area (Å²) in [5.74, 6) is -2.27. The monoisotopic (exact) mass is 417 g/mol. The van der Waals surface area contributed by atoms with Gasteiger partial charge in [-0.25, -0.2) is 9.37 Å². The van der Waals surface area contributed by atoms with Crippen LogP contribution in [0.15, 0.2) is 24.3 Å². The normalized spacial score (nSPS) is 15.2. The van der Waals surface area contributed by atoms with E-state index in [0.717, 1.165) is 11.2 Å². The van der Waals surface area contributed by atoms with Crippen molar-refractivity contribution >= 4 is 16.7 Å². The molecule has 1 saturated heterocycles. The number of benzene rings is 2. The van der Waals surface area contributed by atoms with Gasteiger partial charge in [-0.05, 0) is 37.6 Å². The maximum Gasteiger partial charge on any atom is 0.203 e. The molecule has 1 aromatic heterocycles. The lowest BCUT2D eigenvalue weighted by Crippen LogP contribution is -2.49. The summed E-state index contributed by atoms with van der Waals surface area (Å²) >= 11 is 0. The second-order valence-electron chi connectivity index (χ2n) is 7.61. The second-order valence-corrected chi connectivity index (χ2v) is 7.61. The molecule has 0 aliphatic carbocycles. The molecular weight excluding hydrogens is 393 g/mol. The van der Waals surface area contributed by atoms with E-state index in [1.165, 1.54) is 13.2 Å². The minimum Gasteiger partial charge on any atom is -0.502 e. The number of hydrogen-bond acceptors (Lipinski definition) is 7. The number of imidazole rings is 1. The van der Waals surface area contributed by atoms with E-state index in [0.29, 0.717) is 37.5 Å². The Balaban J connectivity index is 1.91. The van der Waals surface area contributed by atoms with Crippen LogP contribution in [0.3, 0.4) is 0 Å². The first-order chi connectivity index (χ1) is 14.4. The lowest BCUT2D eigenvalue weighted by Gasteiger charge is -2.40. The molecule has 2 heterocycles. The number of aliphatic hydroxyl groups is 1. The number of rotatable bonds is 7. The van der Waals surface area contributed by atoms with Crippen LogP contribution < -0.4 is 10.1 Å². The molecule has 1 fully saturated rings. The molecule has 0 amide bonds. The van der Waals surface area contributed by atoms with Gasteiger partial charge in [-0.15, -0.1) is 0 Å². The van der Waals surface area contributed by atoms with Crippen molar-refractivity contribution in [3.63, 3.8) is 0 Å². The van der Waals surface area contributed by atoms with E-state index >= 15 is 0 Å². The molecule has 0 bridgehead atoms. The summed E-state index contributed by atoms with van der Waals surface area (Å²) in [5.41, 5.74) is 1.82. The third kappa shape index (κ3) is 3.20. The number of nitrogens with zero attached hydrogens (tertiary/aromatic N) is 2. The number of phenols is 2. The number of ether oxygens (including phenoxy) is 2. The molecule has 1 aliphatic heterocycles. The van der Waals surface area contributed by atoms with Crippen LogP contribution in [-0.2, 0) is 10.3 Å². The number of nitrogens with one attached hydrogen (secondary N) is 1. The van der Waals surface area contributed by atoms with Gasteiger partial charge in [0.05, 0.1) is 42.5 Å². The summed E-state index contributed by atoms with van der Waals surface area (Å²) in [4.78, 5) is 4.66. The predicted octanol–water partition coefficient (Wildman–Crippen LogP) is 2.80. The highest BCUT2D eigenvalue weighted by Crippen LogP contribution is 2.44. The van der Waals surface area contributed by atoms with Crippen LogP contribution in [0.2, 0.25) is 0 Å². The van der Waals surface area contributed by atoms with Crippen LogP contribution in [-0.4, -0.2) is 58.3 Å². The summed E-state index contributed by atoms with van der Waals surface area (Å²) in [5, 5.41) is 32.2. The highest BCUT2D eigenvalue weighted by atomic mass is 19.1. The minimum absolute atomic E-state index is 0.0151. The van der Waals surface area contributed by atoms with E-state index in [9.17, 15) is 14.6 Å². The zero-order chi connectivity index (χ0) is 21.5. The lowest BCUT2D eigenvalue weighted by atomic mass is 9.98. The smallest absolute Gasteiger partial charge is 0.203 e. The Morgan fingerprint density at radius 2 is 2.03 bits per heavy atom. The minimum atomic E-state index is -0.977. The van der Waals surface area contributed by atoms with E-state index < -0.39 is 22.9 Å². The van der Waals surface area contributed by atoms with Crippen molar-refractivity contribution in [2.45, 2.75) is 18.9 Å². The van der Waals surface area contributed by atoms with Crippen LogP contribution in [0.5, 0.6) is 17.2 Å². The largest absolute Gasteiger partial charge is 0.502 e. The number of aliphatic hydroxyl groups excluding tert-OH is 1. The van der Waals surface area contributed by atoms with Gasteiger partial charge in [-0.1, -0.05) is 0 Å². The number of aromatic nitrogens is 2.